The lowest BCUT2D eigenvalue weighted by Gasteiger charge is -2.33. The molecule has 0 radical (unpaired) electrons. The van der Waals surface area contributed by atoms with E-state index in [1.165, 1.54) is 18.3 Å². The Labute approximate surface area is 155 Å². The zero-order chi connectivity index (χ0) is 19.4. The first kappa shape index (κ1) is 19.0. The Balaban J connectivity index is 1.80. The second-order valence-electron chi connectivity index (χ2n) is 6.47. The fourth-order valence-electron chi connectivity index (χ4n) is 3.31. The number of hydrogen-bond donors (Lipinski definition) is 1. The summed E-state index contributed by atoms with van der Waals surface area (Å²) in [6.45, 7) is 3.08. The Morgan fingerprint density at radius 1 is 1.30 bits per heavy atom. The van der Waals surface area contributed by atoms with Gasteiger partial charge >= 0.3 is 5.97 Å². The lowest BCUT2D eigenvalue weighted by Crippen LogP contribution is -2.35. The summed E-state index contributed by atoms with van der Waals surface area (Å²) in [5.74, 6) is -1.65. The van der Waals surface area contributed by atoms with Gasteiger partial charge in [-0.1, -0.05) is 0 Å². The minimum atomic E-state index is -0.843. The van der Waals surface area contributed by atoms with Crippen LogP contribution in [0.25, 0.3) is 11.4 Å². The van der Waals surface area contributed by atoms with E-state index in [4.69, 9.17) is 9.84 Å². The van der Waals surface area contributed by atoms with Crippen LogP contribution in [-0.4, -0.2) is 40.7 Å². The molecular formula is C19H21F2N3O3. The second-order valence-corrected chi connectivity index (χ2v) is 6.47. The van der Waals surface area contributed by atoms with Crippen molar-refractivity contribution in [2.75, 3.05) is 24.6 Å². The molecular weight excluding hydrogens is 356 g/mol. The third-order valence-corrected chi connectivity index (χ3v) is 4.59. The third-order valence-electron chi connectivity index (χ3n) is 4.59. The van der Waals surface area contributed by atoms with Crippen LogP contribution < -0.4 is 9.64 Å². The van der Waals surface area contributed by atoms with Crippen LogP contribution >= 0.6 is 0 Å². The zero-order valence-electron chi connectivity index (χ0n) is 15.0. The first-order valence-corrected chi connectivity index (χ1v) is 8.90. The predicted octanol–water partition coefficient (Wildman–Crippen LogP) is 3.51. The molecule has 0 bridgehead atoms. The first-order valence-electron chi connectivity index (χ1n) is 8.90. The number of hydrogen-bond acceptors (Lipinski definition) is 5. The van der Waals surface area contributed by atoms with Crippen molar-refractivity contribution in [3.05, 3.63) is 36.0 Å². The van der Waals surface area contributed by atoms with Crippen LogP contribution in [0.3, 0.4) is 0 Å². The number of ether oxygens (including phenoxy) is 1. The minimum absolute atomic E-state index is 0.0406. The van der Waals surface area contributed by atoms with E-state index >= 15 is 0 Å². The van der Waals surface area contributed by atoms with Crippen molar-refractivity contribution in [1.29, 1.82) is 0 Å². The van der Waals surface area contributed by atoms with Crippen molar-refractivity contribution < 1.29 is 23.4 Å². The van der Waals surface area contributed by atoms with Gasteiger partial charge in [-0.25, -0.2) is 13.8 Å². The molecule has 6 nitrogen and oxygen atoms in total. The number of carboxylic acid groups (broad SMARTS) is 1. The maximum absolute atomic E-state index is 14.7. The molecule has 0 unspecified atom stereocenters. The summed E-state index contributed by atoms with van der Waals surface area (Å²) in [6, 6.07) is 4.01. The average Bonchev–Trinajstić information content (AvgIpc) is 2.62. The minimum Gasteiger partial charge on any atom is -0.481 e. The molecule has 3 rings (SSSR count). The summed E-state index contributed by atoms with van der Waals surface area (Å²) in [5.41, 5.74) is 0.143. The number of carbonyl (C=O) groups is 1. The van der Waals surface area contributed by atoms with Crippen LogP contribution in [-0.2, 0) is 4.79 Å². The Bertz CT molecular complexity index is 801. The molecule has 144 valence electrons. The second kappa shape index (κ2) is 8.28. The normalized spacial score (nSPS) is 15.0. The molecule has 0 spiro atoms. The Morgan fingerprint density at radius 2 is 1.96 bits per heavy atom. The molecule has 1 aliphatic heterocycles. The monoisotopic (exact) mass is 377 g/mol. The highest BCUT2D eigenvalue weighted by Gasteiger charge is 2.26. The molecule has 1 saturated heterocycles. The Kier molecular flexibility index (Phi) is 5.83. The van der Waals surface area contributed by atoms with Gasteiger partial charge in [0.25, 0.3) is 0 Å². The van der Waals surface area contributed by atoms with E-state index in [2.05, 4.69) is 9.97 Å². The van der Waals surface area contributed by atoms with Gasteiger partial charge in [0.15, 0.2) is 5.82 Å². The lowest BCUT2D eigenvalue weighted by molar-refractivity contribution is -0.138. The van der Waals surface area contributed by atoms with Crippen LogP contribution in [0.1, 0.15) is 26.2 Å². The van der Waals surface area contributed by atoms with Crippen LogP contribution in [0.2, 0.25) is 0 Å². The van der Waals surface area contributed by atoms with Crippen molar-refractivity contribution in [3.8, 4) is 17.3 Å². The topological polar surface area (TPSA) is 75.5 Å². The Morgan fingerprint density at radius 3 is 2.56 bits per heavy atom. The fraction of sp³-hybridized carbons (Fsp3) is 0.421. The third kappa shape index (κ3) is 4.50. The van der Waals surface area contributed by atoms with Crippen molar-refractivity contribution in [3.63, 3.8) is 0 Å². The van der Waals surface area contributed by atoms with Gasteiger partial charge in [0.05, 0.1) is 6.61 Å². The Hall–Kier alpha value is -2.77. The van der Waals surface area contributed by atoms with E-state index in [0.717, 1.165) is 0 Å². The number of carboxylic acids is 1. The summed E-state index contributed by atoms with van der Waals surface area (Å²) in [4.78, 5) is 20.7. The van der Waals surface area contributed by atoms with Crippen molar-refractivity contribution in [2.24, 2.45) is 5.92 Å². The largest absolute Gasteiger partial charge is 0.481 e. The smallest absolute Gasteiger partial charge is 0.303 e. The molecule has 8 heteroatoms. The zero-order valence-corrected chi connectivity index (χ0v) is 15.0. The van der Waals surface area contributed by atoms with Gasteiger partial charge in [-0.3, -0.25) is 4.79 Å². The van der Waals surface area contributed by atoms with E-state index < -0.39 is 17.6 Å². The molecule has 0 saturated carbocycles. The molecule has 1 aromatic carbocycles. The van der Waals surface area contributed by atoms with Crippen LogP contribution in [0.15, 0.2) is 24.4 Å². The molecule has 1 aromatic heterocycles. The fourth-order valence-corrected chi connectivity index (χ4v) is 3.31. The molecule has 0 amide bonds. The van der Waals surface area contributed by atoms with Crippen molar-refractivity contribution in [1.82, 2.24) is 9.97 Å². The van der Waals surface area contributed by atoms with Gasteiger partial charge in [-0.2, -0.15) is 4.98 Å². The number of benzene rings is 1. The number of nitrogens with zero attached hydrogens (tertiary/aromatic N) is 3. The summed E-state index contributed by atoms with van der Waals surface area (Å²) in [7, 11) is 0. The van der Waals surface area contributed by atoms with Crippen molar-refractivity contribution in [2.45, 2.75) is 26.2 Å². The molecule has 0 aliphatic carbocycles. The van der Waals surface area contributed by atoms with Gasteiger partial charge in [-0.05, 0) is 37.8 Å². The van der Waals surface area contributed by atoms with E-state index in [1.54, 1.807) is 11.0 Å². The highest BCUT2D eigenvalue weighted by Crippen LogP contribution is 2.32. The maximum atomic E-state index is 14.7. The van der Waals surface area contributed by atoms with Gasteiger partial charge in [0.1, 0.15) is 17.3 Å². The van der Waals surface area contributed by atoms with Gasteiger partial charge in [-0.15, -0.1) is 0 Å². The summed E-state index contributed by atoms with van der Waals surface area (Å²) in [6.07, 6.45) is 2.74. The number of rotatable bonds is 6. The molecule has 2 aromatic rings. The molecule has 1 N–H and O–H groups in total. The van der Waals surface area contributed by atoms with E-state index in [1.807, 2.05) is 6.92 Å². The molecule has 27 heavy (non-hydrogen) atoms. The van der Waals surface area contributed by atoms with Crippen molar-refractivity contribution >= 4 is 11.7 Å². The number of anilines is 1. The summed E-state index contributed by atoms with van der Waals surface area (Å²) in [5, 5.41) is 8.87. The maximum Gasteiger partial charge on any atom is 0.303 e. The number of piperidine rings is 1. The van der Waals surface area contributed by atoms with Crippen LogP contribution in [0.5, 0.6) is 5.88 Å². The molecule has 2 heterocycles. The standard InChI is InChI=1S/C19H21F2N3O3/c1-2-27-16-3-6-22-19(23-16)13-10-14(20)18(15(21)11-13)24-7-4-12(5-8-24)9-17(25)26/h3,6,10-12H,2,4-5,7-9H2,1H3,(H,25,26). The highest BCUT2D eigenvalue weighted by molar-refractivity contribution is 5.67. The van der Waals surface area contributed by atoms with Gasteiger partial charge in [0, 0.05) is 37.3 Å². The highest BCUT2D eigenvalue weighted by atomic mass is 19.1. The van der Waals surface area contributed by atoms with E-state index in [9.17, 15) is 13.6 Å². The van der Waals surface area contributed by atoms with E-state index in [-0.39, 0.29) is 29.4 Å². The molecule has 1 aliphatic rings. The van der Waals surface area contributed by atoms with Gasteiger partial charge < -0.3 is 14.7 Å². The predicted molar refractivity (Wildman–Crippen MR) is 95.7 cm³/mol. The number of aliphatic carboxylic acids is 1. The number of aromatic nitrogens is 2. The molecule has 1 fully saturated rings. The lowest BCUT2D eigenvalue weighted by atomic mass is 9.93. The summed E-state index contributed by atoms with van der Waals surface area (Å²) < 4.78 is 34.6. The van der Waals surface area contributed by atoms with Crippen LogP contribution in [0, 0.1) is 17.6 Å². The SMILES string of the molecule is CCOc1ccnc(-c2cc(F)c(N3CCC(CC(=O)O)CC3)c(F)c2)n1. The molecule has 0 atom stereocenters. The van der Waals surface area contributed by atoms with Gasteiger partial charge in [0.2, 0.25) is 5.88 Å². The quantitative estimate of drug-likeness (QED) is 0.830. The summed E-state index contributed by atoms with van der Waals surface area (Å²) >= 11 is 0. The average molecular weight is 377 g/mol. The number of halogens is 2. The van der Waals surface area contributed by atoms with Crippen LogP contribution in [0.4, 0.5) is 14.5 Å². The first-order chi connectivity index (χ1) is 13.0. The van der Waals surface area contributed by atoms with E-state index in [0.29, 0.717) is 38.4 Å².